The first-order valence-corrected chi connectivity index (χ1v) is 4.16. The highest BCUT2D eigenvalue weighted by molar-refractivity contribution is 5.10. The molecule has 0 amide bonds. The fourth-order valence-electron chi connectivity index (χ4n) is 0.939. The highest BCUT2D eigenvalue weighted by atomic mass is 14.8. The number of hydrogen-bond donors (Lipinski definition) is 1. The van der Waals surface area contributed by atoms with Crippen LogP contribution in [0.25, 0.3) is 0 Å². The van der Waals surface area contributed by atoms with Crippen molar-refractivity contribution < 1.29 is 0 Å². The minimum atomic E-state index is 0.667. The van der Waals surface area contributed by atoms with Crippen LogP contribution in [0.3, 0.4) is 0 Å². The first-order chi connectivity index (χ1) is 5.22. The Bertz CT molecular complexity index is 136. The second-order valence-corrected chi connectivity index (χ2v) is 2.94. The van der Waals surface area contributed by atoms with Crippen molar-refractivity contribution in [2.24, 2.45) is 5.92 Å². The molecule has 0 aromatic heterocycles. The predicted octanol–water partition coefficient (Wildman–Crippen LogP) is 2.36. The third-order valence-electron chi connectivity index (χ3n) is 1.99. The molecule has 0 aliphatic heterocycles. The molecule has 0 aromatic rings. The van der Waals surface area contributed by atoms with Gasteiger partial charge in [0, 0.05) is 0 Å². The smallest absolute Gasteiger partial charge is 0.00463 e. The molecule has 0 bridgehead atoms. The first-order valence-electron chi connectivity index (χ1n) is 4.16. The molecule has 1 heteroatoms. The van der Waals surface area contributed by atoms with Crippen molar-refractivity contribution in [3.8, 4) is 0 Å². The van der Waals surface area contributed by atoms with Crippen LogP contribution in [0.5, 0.6) is 0 Å². The maximum Gasteiger partial charge on any atom is -0.00463 e. The lowest BCUT2D eigenvalue weighted by Gasteiger charge is -2.10. The minimum Gasteiger partial charge on any atom is -0.320 e. The van der Waals surface area contributed by atoms with Crippen molar-refractivity contribution in [2.75, 3.05) is 13.6 Å². The van der Waals surface area contributed by atoms with Crippen molar-refractivity contribution in [3.05, 3.63) is 24.3 Å². The van der Waals surface area contributed by atoms with Crippen molar-refractivity contribution in [1.82, 2.24) is 5.32 Å². The summed E-state index contributed by atoms with van der Waals surface area (Å²) in [5.74, 6) is 0.667. The predicted molar refractivity (Wildman–Crippen MR) is 51.7 cm³/mol. The highest BCUT2D eigenvalue weighted by Gasteiger charge is 2.01. The second kappa shape index (κ2) is 6.17. The Labute approximate surface area is 70.2 Å². The van der Waals surface area contributed by atoms with Crippen LogP contribution < -0.4 is 5.32 Å². The fraction of sp³-hybridized carbons (Fsp3) is 0.600. The molecule has 0 spiro atoms. The zero-order valence-corrected chi connectivity index (χ0v) is 7.85. The van der Waals surface area contributed by atoms with Gasteiger partial charge in [-0.25, -0.2) is 0 Å². The Morgan fingerprint density at radius 3 is 2.73 bits per heavy atom. The van der Waals surface area contributed by atoms with Gasteiger partial charge in [0.05, 0.1) is 0 Å². The van der Waals surface area contributed by atoms with Crippen LogP contribution in [0.1, 0.15) is 20.3 Å². The summed E-state index contributed by atoms with van der Waals surface area (Å²) >= 11 is 0. The summed E-state index contributed by atoms with van der Waals surface area (Å²) in [6.45, 7) is 9.16. The molecule has 0 aliphatic carbocycles. The number of hydrogen-bond acceptors (Lipinski definition) is 1. The molecular weight excluding hydrogens is 134 g/mol. The molecule has 11 heavy (non-hydrogen) atoms. The Balaban J connectivity index is 3.72. The van der Waals surface area contributed by atoms with Gasteiger partial charge in [-0.3, -0.25) is 0 Å². The van der Waals surface area contributed by atoms with Gasteiger partial charge in [0.1, 0.15) is 0 Å². The molecule has 0 saturated heterocycles. The van der Waals surface area contributed by atoms with Crippen LogP contribution >= 0.6 is 0 Å². The molecule has 0 fully saturated rings. The molecule has 64 valence electrons. The van der Waals surface area contributed by atoms with Gasteiger partial charge in [-0.05, 0) is 32.9 Å². The molecule has 1 nitrogen and oxygen atoms in total. The van der Waals surface area contributed by atoms with Crippen molar-refractivity contribution in [3.63, 3.8) is 0 Å². The highest BCUT2D eigenvalue weighted by Crippen LogP contribution is 2.12. The Morgan fingerprint density at radius 1 is 1.64 bits per heavy atom. The molecule has 0 rings (SSSR count). The van der Waals surface area contributed by atoms with E-state index in [-0.39, 0.29) is 0 Å². The van der Waals surface area contributed by atoms with E-state index in [1.165, 1.54) is 12.0 Å². The van der Waals surface area contributed by atoms with Gasteiger partial charge < -0.3 is 5.32 Å². The first kappa shape index (κ1) is 10.4. The summed E-state index contributed by atoms with van der Waals surface area (Å²) in [7, 11) is 1.99. The number of nitrogens with one attached hydrogen (secondary N) is 1. The SMILES string of the molecule is C=C/C=C(\C)C(C)CCNC. The molecule has 1 unspecified atom stereocenters. The largest absolute Gasteiger partial charge is 0.320 e. The lowest BCUT2D eigenvalue weighted by molar-refractivity contribution is 0.584. The van der Waals surface area contributed by atoms with E-state index in [9.17, 15) is 0 Å². The summed E-state index contributed by atoms with van der Waals surface area (Å²) < 4.78 is 0. The second-order valence-electron chi connectivity index (χ2n) is 2.94. The lowest BCUT2D eigenvalue weighted by Crippen LogP contribution is -2.11. The quantitative estimate of drug-likeness (QED) is 0.598. The Morgan fingerprint density at radius 2 is 2.27 bits per heavy atom. The lowest BCUT2D eigenvalue weighted by atomic mass is 9.99. The average molecular weight is 153 g/mol. The maximum absolute atomic E-state index is 3.67. The molecule has 1 atom stereocenters. The summed E-state index contributed by atoms with van der Waals surface area (Å²) in [4.78, 5) is 0. The third kappa shape index (κ3) is 4.79. The van der Waals surface area contributed by atoms with Crippen molar-refractivity contribution in [1.29, 1.82) is 0 Å². The monoisotopic (exact) mass is 153 g/mol. The Kier molecular flexibility index (Phi) is 5.86. The molecule has 1 N–H and O–H groups in total. The van der Waals surface area contributed by atoms with E-state index < -0.39 is 0 Å². The molecule has 0 saturated carbocycles. The Hall–Kier alpha value is -0.560. The zero-order chi connectivity index (χ0) is 8.69. The van der Waals surface area contributed by atoms with Gasteiger partial charge in [-0.2, -0.15) is 0 Å². The van der Waals surface area contributed by atoms with Gasteiger partial charge in [0.2, 0.25) is 0 Å². The van der Waals surface area contributed by atoms with E-state index >= 15 is 0 Å². The van der Waals surface area contributed by atoms with E-state index in [0.29, 0.717) is 5.92 Å². The minimum absolute atomic E-state index is 0.667. The van der Waals surface area contributed by atoms with E-state index in [1.54, 1.807) is 0 Å². The van der Waals surface area contributed by atoms with Crippen molar-refractivity contribution >= 4 is 0 Å². The standard InChI is InChI=1S/C10H19N/c1-5-6-9(2)10(3)7-8-11-4/h5-6,10-11H,1,7-8H2,2-4H3/b9-6+. The summed E-state index contributed by atoms with van der Waals surface area (Å²) in [6.07, 6.45) is 5.14. The van der Waals surface area contributed by atoms with Gasteiger partial charge in [0.25, 0.3) is 0 Å². The van der Waals surface area contributed by atoms with Crippen LogP contribution in [0.4, 0.5) is 0 Å². The van der Waals surface area contributed by atoms with Crippen molar-refractivity contribution in [2.45, 2.75) is 20.3 Å². The van der Waals surface area contributed by atoms with Crippen LogP contribution in [-0.2, 0) is 0 Å². The molecule has 0 aromatic carbocycles. The van der Waals surface area contributed by atoms with E-state index in [4.69, 9.17) is 0 Å². The molecular formula is C10H19N. The van der Waals surface area contributed by atoms with Gasteiger partial charge >= 0.3 is 0 Å². The van der Waals surface area contributed by atoms with Gasteiger partial charge in [-0.15, -0.1) is 0 Å². The normalized spacial score (nSPS) is 14.6. The van der Waals surface area contributed by atoms with Crippen LogP contribution in [0.15, 0.2) is 24.3 Å². The van der Waals surface area contributed by atoms with E-state index in [2.05, 4.69) is 31.8 Å². The average Bonchev–Trinajstić information content (AvgIpc) is 2.00. The van der Waals surface area contributed by atoms with Gasteiger partial charge in [0.15, 0.2) is 0 Å². The summed E-state index contributed by atoms with van der Waals surface area (Å²) in [5, 5.41) is 3.14. The maximum atomic E-state index is 3.67. The molecule has 0 heterocycles. The van der Waals surface area contributed by atoms with E-state index in [0.717, 1.165) is 6.54 Å². The summed E-state index contributed by atoms with van der Waals surface area (Å²) in [6, 6.07) is 0. The number of allylic oxidation sites excluding steroid dienone is 3. The number of rotatable bonds is 5. The zero-order valence-electron chi connectivity index (χ0n) is 7.85. The third-order valence-corrected chi connectivity index (χ3v) is 1.99. The fourth-order valence-corrected chi connectivity index (χ4v) is 0.939. The van der Waals surface area contributed by atoms with Gasteiger partial charge in [-0.1, -0.05) is 31.2 Å². The molecule has 0 radical (unpaired) electrons. The van der Waals surface area contributed by atoms with Crippen LogP contribution in [-0.4, -0.2) is 13.6 Å². The topological polar surface area (TPSA) is 12.0 Å². The molecule has 0 aliphatic rings. The van der Waals surface area contributed by atoms with Crippen LogP contribution in [0, 0.1) is 5.92 Å². The van der Waals surface area contributed by atoms with E-state index in [1.807, 2.05) is 13.1 Å². The summed E-state index contributed by atoms with van der Waals surface area (Å²) in [5.41, 5.74) is 1.41. The van der Waals surface area contributed by atoms with Crippen LogP contribution in [0.2, 0.25) is 0 Å².